The number of phenols is 2. The number of aromatic nitrogens is 5. The molecule has 0 bridgehead atoms. The van der Waals surface area contributed by atoms with Crippen molar-refractivity contribution in [3.63, 3.8) is 0 Å². The number of nitrogens with one attached hydrogen (secondary N) is 1. The Morgan fingerprint density at radius 2 is 1.86 bits per heavy atom. The maximum atomic E-state index is 10.5. The average Bonchev–Trinajstić information content (AvgIpc) is 3.32. The molecule has 28 heavy (non-hydrogen) atoms. The van der Waals surface area contributed by atoms with Crippen LogP contribution >= 0.6 is 12.2 Å². The molecule has 0 spiro atoms. The van der Waals surface area contributed by atoms with E-state index in [1.54, 1.807) is 23.2 Å². The van der Waals surface area contributed by atoms with Crippen molar-refractivity contribution in [2.24, 2.45) is 0 Å². The quantitative estimate of drug-likeness (QED) is 0.449. The lowest BCUT2D eigenvalue weighted by molar-refractivity contribution is 0.444. The second-order valence-corrected chi connectivity index (χ2v) is 7.15. The van der Waals surface area contributed by atoms with Crippen LogP contribution in [-0.2, 0) is 0 Å². The Hall–Kier alpha value is -3.39. The van der Waals surface area contributed by atoms with Gasteiger partial charge in [-0.1, -0.05) is 19.9 Å². The highest BCUT2D eigenvalue weighted by Crippen LogP contribution is 2.37. The molecular formula is C20H19N5O2S. The molecule has 0 aliphatic carbocycles. The van der Waals surface area contributed by atoms with Gasteiger partial charge >= 0.3 is 0 Å². The van der Waals surface area contributed by atoms with E-state index in [0.717, 1.165) is 16.9 Å². The summed E-state index contributed by atoms with van der Waals surface area (Å²) in [5.74, 6) is 0.536. The molecule has 7 nitrogen and oxygen atoms in total. The lowest BCUT2D eigenvalue weighted by Crippen LogP contribution is -2.01. The van der Waals surface area contributed by atoms with Gasteiger partial charge < -0.3 is 14.8 Å². The third kappa shape index (κ3) is 3.07. The normalized spacial score (nSPS) is 11.2. The second kappa shape index (κ2) is 6.97. The van der Waals surface area contributed by atoms with Gasteiger partial charge in [0.25, 0.3) is 0 Å². The summed E-state index contributed by atoms with van der Waals surface area (Å²) < 4.78 is 4.05. The number of hydrogen-bond donors (Lipinski definition) is 3. The summed E-state index contributed by atoms with van der Waals surface area (Å²) in [5.41, 5.74) is 2.92. The Morgan fingerprint density at radius 3 is 2.57 bits per heavy atom. The van der Waals surface area contributed by atoms with Crippen molar-refractivity contribution in [1.29, 1.82) is 0 Å². The maximum absolute atomic E-state index is 10.5. The molecule has 2 aromatic heterocycles. The van der Waals surface area contributed by atoms with E-state index in [4.69, 9.17) is 12.2 Å². The van der Waals surface area contributed by atoms with Crippen LogP contribution in [0.25, 0.3) is 22.8 Å². The van der Waals surface area contributed by atoms with E-state index in [9.17, 15) is 10.2 Å². The van der Waals surface area contributed by atoms with Crippen LogP contribution in [0.15, 0.2) is 55.1 Å². The van der Waals surface area contributed by atoms with Gasteiger partial charge in [-0.2, -0.15) is 5.10 Å². The summed E-state index contributed by atoms with van der Waals surface area (Å²) in [6, 6.07) is 10.8. The van der Waals surface area contributed by atoms with Gasteiger partial charge in [-0.25, -0.2) is 4.98 Å². The molecule has 2 heterocycles. The first kappa shape index (κ1) is 18.0. The number of aromatic amines is 1. The van der Waals surface area contributed by atoms with Crippen molar-refractivity contribution >= 4 is 12.2 Å². The number of aromatic hydroxyl groups is 2. The van der Waals surface area contributed by atoms with E-state index in [2.05, 4.69) is 15.2 Å². The first-order chi connectivity index (χ1) is 13.5. The van der Waals surface area contributed by atoms with E-state index in [1.165, 1.54) is 6.07 Å². The third-order valence-corrected chi connectivity index (χ3v) is 4.84. The van der Waals surface area contributed by atoms with Crippen LogP contribution < -0.4 is 0 Å². The molecule has 0 amide bonds. The van der Waals surface area contributed by atoms with E-state index in [-0.39, 0.29) is 17.4 Å². The molecule has 4 rings (SSSR count). The van der Waals surface area contributed by atoms with Crippen LogP contribution in [0.3, 0.4) is 0 Å². The predicted octanol–water partition coefficient (Wildman–Crippen LogP) is 4.32. The summed E-state index contributed by atoms with van der Waals surface area (Å²) >= 11 is 5.45. The lowest BCUT2D eigenvalue weighted by Gasteiger charge is -2.14. The molecule has 0 atom stereocenters. The number of benzene rings is 2. The van der Waals surface area contributed by atoms with Crippen molar-refractivity contribution < 1.29 is 10.2 Å². The number of H-pyrrole nitrogens is 1. The van der Waals surface area contributed by atoms with Crippen molar-refractivity contribution in [2.75, 3.05) is 0 Å². The first-order valence-electron chi connectivity index (χ1n) is 8.78. The number of imidazole rings is 1. The smallest absolute Gasteiger partial charge is 0.200 e. The molecule has 142 valence electrons. The third-order valence-electron chi connectivity index (χ3n) is 4.57. The zero-order chi connectivity index (χ0) is 19.8. The topological polar surface area (TPSA) is 91.9 Å². The molecule has 0 aliphatic rings. The molecule has 0 saturated carbocycles. The fourth-order valence-electron chi connectivity index (χ4n) is 3.16. The monoisotopic (exact) mass is 393 g/mol. The van der Waals surface area contributed by atoms with Crippen LogP contribution in [0.4, 0.5) is 0 Å². The summed E-state index contributed by atoms with van der Waals surface area (Å²) in [7, 11) is 0. The minimum Gasteiger partial charge on any atom is -0.508 e. The molecule has 0 aliphatic heterocycles. The fourth-order valence-corrected chi connectivity index (χ4v) is 3.39. The zero-order valence-electron chi connectivity index (χ0n) is 15.4. The van der Waals surface area contributed by atoms with Crippen LogP contribution in [0.2, 0.25) is 0 Å². The Kier molecular flexibility index (Phi) is 4.48. The minimum absolute atomic E-state index is 0.0547. The van der Waals surface area contributed by atoms with Gasteiger partial charge in [-0.05, 0) is 48.0 Å². The standard InChI is InChI=1S/C20H19N5O2S/c1-12(2)15-9-16(18(27)10-17(15)26)19-22-23-20(28)25(19)14-5-3-4-13(8-14)24-7-6-21-11-24/h3-12,26-27H,1-2H3,(H,23,28). The summed E-state index contributed by atoms with van der Waals surface area (Å²) in [6.45, 7) is 3.95. The summed E-state index contributed by atoms with van der Waals surface area (Å²) in [5, 5.41) is 27.7. The van der Waals surface area contributed by atoms with Crippen LogP contribution in [0.5, 0.6) is 11.5 Å². The van der Waals surface area contributed by atoms with Gasteiger partial charge in [0.2, 0.25) is 0 Å². The van der Waals surface area contributed by atoms with Crippen LogP contribution in [-0.4, -0.2) is 34.5 Å². The molecule has 0 unspecified atom stereocenters. The molecule has 0 radical (unpaired) electrons. The largest absolute Gasteiger partial charge is 0.508 e. The number of phenolic OH excluding ortho intramolecular Hbond substituents is 2. The maximum Gasteiger partial charge on any atom is 0.200 e. The molecular weight excluding hydrogens is 374 g/mol. The number of rotatable bonds is 4. The van der Waals surface area contributed by atoms with E-state index < -0.39 is 0 Å². The first-order valence-corrected chi connectivity index (χ1v) is 9.19. The van der Waals surface area contributed by atoms with E-state index >= 15 is 0 Å². The SMILES string of the molecule is CC(C)c1cc(-c2n[nH]c(=S)n2-c2cccc(-n3ccnc3)c2)c(O)cc1O. The van der Waals surface area contributed by atoms with Gasteiger partial charge in [0, 0.05) is 24.1 Å². The fraction of sp³-hybridized carbons (Fsp3) is 0.150. The van der Waals surface area contributed by atoms with Gasteiger partial charge in [0.15, 0.2) is 10.6 Å². The van der Waals surface area contributed by atoms with Crippen molar-refractivity contribution in [3.8, 4) is 34.3 Å². The van der Waals surface area contributed by atoms with Crippen molar-refractivity contribution in [3.05, 3.63) is 65.5 Å². The second-order valence-electron chi connectivity index (χ2n) is 6.76. The van der Waals surface area contributed by atoms with E-state index in [1.807, 2.05) is 48.9 Å². The predicted molar refractivity (Wildman–Crippen MR) is 109 cm³/mol. The van der Waals surface area contributed by atoms with Gasteiger partial charge in [-0.15, -0.1) is 0 Å². The molecule has 4 aromatic rings. The van der Waals surface area contributed by atoms with E-state index in [0.29, 0.717) is 16.2 Å². The molecule has 2 aromatic carbocycles. The van der Waals surface area contributed by atoms with Crippen LogP contribution in [0, 0.1) is 4.77 Å². The summed E-state index contributed by atoms with van der Waals surface area (Å²) in [6.07, 6.45) is 5.29. The zero-order valence-corrected chi connectivity index (χ0v) is 16.2. The van der Waals surface area contributed by atoms with Crippen molar-refractivity contribution in [1.82, 2.24) is 24.3 Å². The molecule has 0 saturated heterocycles. The Morgan fingerprint density at radius 1 is 1.07 bits per heavy atom. The highest BCUT2D eigenvalue weighted by atomic mass is 32.1. The summed E-state index contributed by atoms with van der Waals surface area (Å²) in [4.78, 5) is 4.08. The molecule has 8 heteroatoms. The molecule has 0 fully saturated rings. The van der Waals surface area contributed by atoms with Crippen LogP contribution in [0.1, 0.15) is 25.3 Å². The Bertz CT molecular complexity index is 1190. The molecule has 3 N–H and O–H groups in total. The highest BCUT2D eigenvalue weighted by Gasteiger charge is 2.18. The average molecular weight is 393 g/mol. The van der Waals surface area contributed by atoms with Gasteiger partial charge in [-0.3, -0.25) is 9.67 Å². The number of nitrogens with zero attached hydrogens (tertiary/aromatic N) is 4. The minimum atomic E-state index is -0.0667. The van der Waals surface area contributed by atoms with Crippen molar-refractivity contribution in [2.45, 2.75) is 19.8 Å². The van der Waals surface area contributed by atoms with Gasteiger partial charge in [0.05, 0.1) is 17.6 Å². The number of hydrogen-bond acceptors (Lipinski definition) is 5. The highest BCUT2D eigenvalue weighted by molar-refractivity contribution is 7.71. The lowest BCUT2D eigenvalue weighted by atomic mass is 9.98. The Labute approximate surface area is 166 Å². The Balaban J connectivity index is 1.90. The van der Waals surface area contributed by atoms with Gasteiger partial charge in [0.1, 0.15) is 11.5 Å².